The molecular formula is C18H19BrClNO3S. The van der Waals surface area contributed by atoms with Crippen LogP contribution in [-0.2, 0) is 20.4 Å². The molecule has 2 rings (SSSR count). The summed E-state index contributed by atoms with van der Waals surface area (Å²) in [6, 6.07) is 13.9. The molecule has 0 radical (unpaired) electrons. The maximum absolute atomic E-state index is 12.3. The quantitative estimate of drug-likeness (QED) is 0.693. The van der Waals surface area contributed by atoms with Crippen LogP contribution in [0.15, 0.2) is 53.0 Å². The molecule has 0 saturated heterocycles. The van der Waals surface area contributed by atoms with Crippen LogP contribution in [0.5, 0.6) is 0 Å². The van der Waals surface area contributed by atoms with E-state index in [4.69, 9.17) is 11.6 Å². The van der Waals surface area contributed by atoms with E-state index in [-0.39, 0.29) is 11.8 Å². The van der Waals surface area contributed by atoms with Gasteiger partial charge in [-0.15, -0.1) is 0 Å². The number of carbonyl (C=O) groups excluding carboxylic acids is 1. The van der Waals surface area contributed by atoms with Crippen LogP contribution in [-0.4, -0.2) is 20.1 Å². The number of halogens is 2. The molecule has 1 N–H and O–H groups in total. The predicted octanol–water partition coefficient (Wildman–Crippen LogP) is 4.28. The predicted molar refractivity (Wildman–Crippen MR) is 104 cm³/mol. The molecule has 0 aliphatic carbocycles. The van der Waals surface area contributed by atoms with Gasteiger partial charge < -0.3 is 5.32 Å². The molecule has 0 aliphatic heterocycles. The van der Waals surface area contributed by atoms with E-state index in [2.05, 4.69) is 21.2 Å². The van der Waals surface area contributed by atoms with Crippen molar-refractivity contribution in [3.05, 3.63) is 69.2 Å². The third-order valence-corrected chi connectivity index (χ3v) is 5.86. The number of nitrogens with one attached hydrogen (secondary N) is 1. The van der Waals surface area contributed by atoms with Gasteiger partial charge in [0, 0.05) is 9.50 Å². The van der Waals surface area contributed by atoms with E-state index in [1.54, 1.807) is 30.3 Å². The van der Waals surface area contributed by atoms with Crippen LogP contribution in [0.25, 0.3) is 0 Å². The van der Waals surface area contributed by atoms with Gasteiger partial charge in [-0.25, -0.2) is 8.42 Å². The lowest BCUT2D eigenvalue weighted by molar-refractivity contribution is -0.119. The van der Waals surface area contributed by atoms with E-state index in [1.165, 1.54) is 0 Å². The number of hydrogen-bond donors (Lipinski definition) is 1. The van der Waals surface area contributed by atoms with E-state index < -0.39 is 21.5 Å². The summed E-state index contributed by atoms with van der Waals surface area (Å²) >= 11 is 9.18. The van der Waals surface area contributed by atoms with Crippen molar-refractivity contribution < 1.29 is 13.2 Å². The van der Waals surface area contributed by atoms with Crippen molar-refractivity contribution in [1.82, 2.24) is 5.32 Å². The number of amides is 1. The molecule has 25 heavy (non-hydrogen) atoms. The van der Waals surface area contributed by atoms with Gasteiger partial charge in [-0.2, -0.15) is 0 Å². The summed E-state index contributed by atoms with van der Waals surface area (Å²) in [4.78, 5) is 12.2. The molecule has 2 aromatic carbocycles. The Hall–Kier alpha value is -1.37. The smallest absolute Gasteiger partial charge is 0.235 e. The van der Waals surface area contributed by atoms with Gasteiger partial charge in [0.25, 0.3) is 0 Å². The van der Waals surface area contributed by atoms with Gasteiger partial charge in [-0.3, -0.25) is 4.79 Å². The molecule has 134 valence electrons. The Bertz CT molecular complexity index is 838. The number of carbonyl (C=O) groups is 1. The van der Waals surface area contributed by atoms with E-state index in [0.29, 0.717) is 17.0 Å². The van der Waals surface area contributed by atoms with Gasteiger partial charge in [-0.05, 0) is 41.8 Å². The van der Waals surface area contributed by atoms with Gasteiger partial charge in [-0.1, -0.05) is 58.7 Å². The highest BCUT2D eigenvalue weighted by atomic mass is 79.9. The van der Waals surface area contributed by atoms with E-state index in [1.807, 2.05) is 25.1 Å². The third kappa shape index (κ3) is 6.45. The molecular weight excluding hydrogens is 426 g/mol. The number of rotatable bonds is 7. The first-order valence-corrected chi connectivity index (χ1v) is 10.8. The van der Waals surface area contributed by atoms with Crippen molar-refractivity contribution in [3.8, 4) is 0 Å². The van der Waals surface area contributed by atoms with Crippen molar-refractivity contribution in [3.63, 3.8) is 0 Å². The molecule has 1 amide bonds. The summed E-state index contributed by atoms with van der Waals surface area (Å²) in [5.41, 5.74) is 1.54. The topological polar surface area (TPSA) is 63.2 Å². The third-order valence-electron chi connectivity index (χ3n) is 3.64. The van der Waals surface area contributed by atoms with Gasteiger partial charge >= 0.3 is 0 Å². The van der Waals surface area contributed by atoms with Gasteiger partial charge in [0.1, 0.15) is 5.75 Å². The van der Waals surface area contributed by atoms with Crippen molar-refractivity contribution in [1.29, 1.82) is 0 Å². The van der Waals surface area contributed by atoms with Crippen LogP contribution in [0, 0.1) is 0 Å². The summed E-state index contributed by atoms with van der Waals surface area (Å²) in [6.45, 7) is 1.93. The molecule has 0 heterocycles. The maximum Gasteiger partial charge on any atom is 0.235 e. The molecule has 0 aliphatic rings. The summed E-state index contributed by atoms with van der Waals surface area (Å²) < 4.78 is 25.4. The Morgan fingerprint density at radius 2 is 1.88 bits per heavy atom. The number of sulfone groups is 1. The maximum atomic E-state index is 12.3. The van der Waals surface area contributed by atoms with E-state index >= 15 is 0 Å². The number of hydrogen-bond acceptors (Lipinski definition) is 3. The molecule has 1 unspecified atom stereocenters. The molecule has 0 saturated carbocycles. The second kappa shape index (κ2) is 8.83. The molecule has 2 aromatic rings. The largest absolute Gasteiger partial charge is 0.348 e. The Morgan fingerprint density at radius 3 is 2.48 bits per heavy atom. The number of benzene rings is 2. The lowest BCUT2D eigenvalue weighted by Crippen LogP contribution is -2.33. The Labute approximate surface area is 161 Å². The van der Waals surface area contributed by atoms with Crippen molar-refractivity contribution in [2.45, 2.75) is 25.1 Å². The fraction of sp³-hybridized carbons (Fsp3) is 0.278. The summed E-state index contributed by atoms with van der Waals surface area (Å²) in [7, 11) is -3.55. The minimum absolute atomic E-state index is 0.169. The van der Waals surface area contributed by atoms with Crippen molar-refractivity contribution in [2.75, 3.05) is 5.75 Å². The molecule has 0 fully saturated rings. The highest BCUT2D eigenvalue weighted by Gasteiger charge is 2.20. The Balaban J connectivity index is 2.01. The monoisotopic (exact) mass is 443 g/mol. The Morgan fingerprint density at radius 1 is 1.20 bits per heavy atom. The molecule has 0 bridgehead atoms. The minimum atomic E-state index is -3.55. The summed E-state index contributed by atoms with van der Waals surface area (Å²) in [5.74, 6) is -1.21. The highest BCUT2D eigenvalue weighted by Crippen LogP contribution is 2.19. The fourth-order valence-electron chi connectivity index (χ4n) is 2.48. The van der Waals surface area contributed by atoms with E-state index in [9.17, 15) is 13.2 Å². The van der Waals surface area contributed by atoms with Crippen LogP contribution in [0.3, 0.4) is 0 Å². The van der Waals surface area contributed by atoms with Gasteiger partial charge in [0.2, 0.25) is 5.91 Å². The molecule has 1 atom stereocenters. The van der Waals surface area contributed by atoms with Crippen LogP contribution in [0.2, 0.25) is 5.02 Å². The zero-order valence-corrected chi connectivity index (χ0v) is 16.9. The van der Waals surface area contributed by atoms with Gasteiger partial charge in [0.15, 0.2) is 9.84 Å². The normalized spacial score (nSPS) is 12.6. The minimum Gasteiger partial charge on any atom is -0.348 e. The Kier molecular flexibility index (Phi) is 7.04. The zero-order valence-electron chi connectivity index (χ0n) is 13.7. The van der Waals surface area contributed by atoms with E-state index in [0.717, 1.165) is 10.0 Å². The van der Waals surface area contributed by atoms with Crippen LogP contribution >= 0.6 is 27.5 Å². The second-order valence-corrected chi connectivity index (χ2v) is 9.16. The lowest BCUT2D eigenvalue weighted by Gasteiger charge is -2.17. The standard InChI is InChI=1S/C18H19BrClNO3S/c1-2-17(14-6-8-16(20)9-7-14)21-18(22)12-25(23,24)11-13-4-3-5-15(19)10-13/h3-10,17H,2,11-12H2,1H3,(H,21,22). The second-order valence-electron chi connectivity index (χ2n) is 5.74. The molecule has 0 spiro atoms. The highest BCUT2D eigenvalue weighted by molar-refractivity contribution is 9.10. The average molecular weight is 445 g/mol. The average Bonchev–Trinajstić information content (AvgIpc) is 2.52. The fourth-order valence-corrected chi connectivity index (χ4v) is 4.33. The van der Waals surface area contributed by atoms with Gasteiger partial charge in [0.05, 0.1) is 11.8 Å². The molecule has 4 nitrogen and oxygen atoms in total. The van der Waals surface area contributed by atoms with Crippen LogP contribution in [0.4, 0.5) is 0 Å². The summed E-state index contributed by atoms with van der Waals surface area (Å²) in [5, 5.41) is 3.40. The first-order valence-electron chi connectivity index (χ1n) is 7.79. The first kappa shape index (κ1) is 19.9. The zero-order chi connectivity index (χ0) is 18.4. The lowest BCUT2D eigenvalue weighted by atomic mass is 10.0. The van der Waals surface area contributed by atoms with Crippen LogP contribution in [0.1, 0.15) is 30.5 Å². The van der Waals surface area contributed by atoms with Crippen molar-refractivity contribution >= 4 is 43.3 Å². The molecule has 0 aromatic heterocycles. The first-order chi connectivity index (χ1) is 11.8. The van der Waals surface area contributed by atoms with Crippen LogP contribution < -0.4 is 5.32 Å². The molecule has 7 heteroatoms. The summed E-state index contributed by atoms with van der Waals surface area (Å²) in [6.07, 6.45) is 0.652. The van der Waals surface area contributed by atoms with Crippen molar-refractivity contribution in [2.24, 2.45) is 0 Å². The SMILES string of the molecule is CCC(NC(=O)CS(=O)(=O)Cc1cccc(Br)c1)c1ccc(Cl)cc1.